The van der Waals surface area contributed by atoms with Gasteiger partial charge in [-0.2, -0.15) is 5.10 Å². The standard InChI is InChI=1S/C26H26N4O5/c1-29-13-21(25(33)30(14-23(31)32)12-16-10-11-16)24(28-29)27-26(34)35-15-22-19-8-4-2-6-17(19)18-7-3-5-9-20(18)22/h2-9,13,16,22H,10-12,14-15H2,1H3,(H,31,32)(H,27,28,34). The molecule has 0 spiro atoms. The summed E-state index contributed by atoms with van der Waals surface area (Å²) in [5.41, 5.74) is 4.58. The normalized spacial score (nSPS) is 14.2. The molecule has 9 nitrogen and oxygen atoms in total. The van der Waals surface area contributed by atoms with E-state index >= 15 is 0 Å². The molecule has 0 aliphatic heterocycles. The van der Waals surface area contributed by atoms with Gasteiger partial charge in [0.15, 0.2) is 5.82 Å². The van der Waals surface area contributed by atoms with Gasteiger partial charge in [-0.25, -0.2) is 4.79 Å². The van der Waals surface area contributed by atoms with Crippen molar-refractivity contribution < 1.29 is 24.2 Å². The minimum absolute atomic E-state index is 0.0425. The first kappa shape index (κ1) is 22.6. The van der Waals surface area contributed by atoms with Crippen molar-refractivity contribution in [3.05, 3.63) is 71.4 Å². The highest BCUT2D eigenvalue weighted by Crippen LogP contribution is 2.44. The fourth-order valence-electron chi connectivity index (χ4n) is 4.63. The summed E-state index contributed by atoms with van der Waals surface area (Å²) in [5, 5.41) is 16.0. The van der Waals surface area contributed by atoms with Crippen LogP contribution in [0.4, 0.5) is 10.6 Å². The highest BCUT2D eigenvalue weighted by Gasteiger charge is 2.32. The van der Waals surface area contributed by atoms with Crippen molar-refractivity contribution >= 4 is 23.8 Å². The second-order valence-corrected chi connectivity index (χ2v) is 9.04. The number of carbonyl (C=O) groups is 3. The Balaban J connectivity index is 1.29. The summed E-state index contributed by atoms with van der Waals surface area (Å²) in [4.78, 5) is 38.4. The number of anilines is 1. The summed E-state index contributed by atoms with van der Waals surface area (Å²) in [5.74, 6) is -1.31. The van der Waals surface area contributed by atoms with E-state index in [0.29, 0.717) is 12.5 Å². The Labute approximate surface area is 202 Å². The van der Waals surface area contributed by atoms with Gasteiger partial charge in [0, 0.05) is 25.7 Å². The van der Waals surface area contributed by atoms with Crippen molar-refractivity contribution in [2.75, 3.05) is 25.0 Å². The Morgan fingerprint density at radius 1 is 1.09 bits per heavy atom. The number of nitrogens with one attached hydrogen (secondary N) is 1. The van der Waals surface area contributed by atoms with E-state index < -0.39 is 24.5 Å². The van der Waals surface area contributed by atoms with Crippen molar-refractivity contribution in [3.8, 4) is 11.1 Å². The Hall–Kier alpha value is -4.14. The molecule has 1 saturated carbocycles. The first-order chi connectivity index (χ1) is 16.9. The maximum atomic E-state index is 13.1. The first-order valence-electron chi connectivity index (χ1n) is 11.6. The average Bonchev–Trinajstić information content (AvgIpc) is 3.50. The molecule has 3 aromatic rings. The van der Waals surface area contributed by atoms with Gasteiger partial charge < -0.3 is 14.7 Å². The molecule has 2 aliphatic rings. The zero-order valence-corrected chi connectivity index (χ0v) is 19.3. The zero-order chi connectivity index (χ0) is 24.5. The minimum Gasteiger partial charge on any atom is -0.480 e. The Morgan fingerprint density at radius 2 is 1.71 bits per heavy atom. The lowest BCUT2D eigenvalue weighted by Gasteiger charge is -2.20. The van der Waals surface area contributed by atoms with Crippen LogP contribution in [0, 0.1) is 5.92 Å². The molecule has 1 fully saturated rings. The lowest BCUT2D eigenvalue weighted by molar-refractivity contribution is -0.137. The van der Waals surface area contributed by atoms with Gasteiger partial charge in [-0.1, -0.05) is 48.5 Å². The second-order valence-electron chi connectivity index (χ2n) is 9.04. The number of benzene rings is 2. The van der Waals surface area contributed by atoms with Crippen molar-refractivity contribution in [2.24, 2.45) is 13.0 Å². The van der Waals surface area contributed by atoms with Crippen molar-refractivity contribution in [1.29, 1.82) is 0 Å². The average molecular weight is 475 g/mol. The predicted octanol–water partition coefficient (Wildman–Crippen LogP) is 3.72. The molecule has 2 aromatic carbocycles. The quantitative estimate of drug-likeness (QED) is 0.514. The summed E-state index contributed by atoms with van der Waals surface area (Å²) in [6.07, 6.45) is 2.69. The van der Waals surface area contributed by atoms with Gasteiger partial charge in [-0.05, 0) is 41.0 Å². The van der Waals surface area contributed by atoms with E-state index in [4.69, 9.17) is 4.74 Å². The van der Waals surface area contributed by atoms with Gasteiger partial charge in [0.1, 0.15) is 18.7 Å². The fraction of sp³-hybridized carbons (Fsp3) is 0.308. The van der Waals surface area contributed by atoms with Crippen LogP contribution >= 0.6 is 0 Å². The first-order valence-corrected chi connectivity index (χ1v) is 11.6. The smallest absolute Gasteiger partial charge is 0.412 e. The molecule has 2 aliphatic carbocycles. The molecule has 0 atom stereocenters. The van der Waals surface area contributed by atoms with Crippen LogP contribution in [0.1, 0.15) is 40.2 Å². The number of aromatic nitrogens is 2. The summed E-state index contributed by atoms with van der Waals surface area (Å²) in [6, 6.07) is 16.1. The Morgan fingerprint density at radius 3 is 2.31 bits per heavy atom. The number of rotatable bonds is 8. The molecule has 0 saturated heterocycles. The number of carboxylic acid groups (broad SMARTS) is 1. The van der Waals surface area contributed by atoms with Crippen LogP contribution in [0.2, 0.25) is 0 Å². The third kappa shape index (κ3) is 4.75. The van der Waals surface area contributed by atoms with Crippen LogP contribution in [0.15, 0.2) is 54.7 Å². The molecule has 9 heteroatoms. The van der Waals surface area contributed by atoms with Crippen molar-refractivity contribution in [2.45, 2.75) is 18.8 Å². The maximum absolute atomic E-state index is 13.1. The van der Waals surface area contributed by atoms with Crippen LogP contribution in [-0.2, 0) is 16.6 Å². The van der Waals surface area contributed by atoms with E-state index in [-0.39, 0.29) is 23.9 Å². The molecule has 1 aromatic heterocycles. The third-order valence-corrected chi connectivity index (χ3v) is 6.41. The lowest BCUT2D eigenvalue weighted by Crippen LogP contribution is -2.37. The topological polar surface area (TPSA) is 114 Å². The van der Waals surface area contributed by atoms with Gasteiger partial charge >= 0.3 is 12.1 Å². The monoisotopic (exact) mass is 474 g/mol. The SMILES string of the molecule is Cn1cc(C(=O)N(CC(=O)O)CC2CC2)c(NC(=O)OCC2c3ccccc3-c3ccccc32)n1. The molecule has 0 unspecified atom stereocenters. The van der Waals surface area contributed by atoms with Crippen LogP contribution < -0.4 is 5.32 Å². The van der Waals surface area contributed by atoms with E-state index in [1.54, 1.807) is 7.05 Å². The minimum atomic E-state index is -1.09. The van der Waals surface area contributed by atoms with E-state index in [9.17, 15) is 19.5 Å². The summed E-state index contributed by atoms with van der Waals surface area (Å²) >= 11 is 0. The van der Waals surface area contributed by atoms with Crippen LogP contribution in [0.3, 0.4) is 0 Å². The van der Waals surface area contributed by atoms with E-state index in [1.807, 2.05) is 36.4 Å². The lowest BCUT2D eigenvalue weighted by atomic mass is 9.98. The molecular formula is C26H26N4O5. The predicted molar refractivity (Wildman–Crippen MR) is 128 cm³/mol. The number of hydrogen-bond acceptors (Lipinski definition) is 5. The number of carbonyl (C=O) groups excluding carboxylic acids is 2. The molecule has 35 heavy (non-hydrogen) atoms. The van der Waals surface area contributed by atoms with Gasteiger partial charge in [0.2, 0.25) is 0 Å². The van der Waals surface area contributed by atoms with Crippen LogP contribution in [0.5, 0.6) is 0 Å². The fourth-order valence-corrected chi connectivity index (χ4v) is 4.63. The van der Waals surface area contributed by atoms with E-state index in [2.05, 4.69) is 22.5 Å². The number of ether oxygens (including phenoxy) is 1. The zero-order valence-electron chi connectivity index (χ0n) is 19.3. The number of hydrogen-bond donors (Lipinski definition) is 2. The Bertz CT molecular complexity index is 1250. The van der Waals surface area contributed by atoms with Gasteiger partial charge in [-0.3, -0.25) is 19.6 Å². The summed E-state index contributed by atoms with van der Waals surface area (Å²) in [7, 11) is 1.63. The molecular weight excluding hydrogens is 448 g/mol. The van der Waals surface area contributed by atoms with Crippen molar-refractivity contribution in [1.82, 2.24) is 14.7 Å². The third-order valence-electron chi connectivity index (χ3n) is 6.41. The molecule has 2 N–H and O–H groups in total. The van der Waals surface area contributed by atoms with Gasteiger partial charge in [0.05, 0.1) is 0 Å². The largest absolute Gasteiger partial charge is 0.480 e. The van der Waals surface area contributed by atoms with E-state index in [0.717, 1.165) is 35.1 Å². The molecule has 1 heterocycles. The molecule has 0 radical (unpaired) electrons. The number of aliphatic carboxylic acids is 1. The van der Waals surface area contributed by atoms with E-state index in [1.165, 1.54) is 15.8 Å². The highest BCUT2D eigenvalue weighted by molar-refractivity contribution is 6.02. The summed E-state index contributed by atoms with van der Waals surface area (Å²) < 4.78 is 6.97. The number of nitrogens with zero attached hydrogens (tertiary/aromatic N) is 3. The number of carboxylic acids is 1. The maximum Gasteiger partial charge on any atom is 0.412 e. The number of aryl methyl sites for hydroxylation is 1. The molecule has 5 rings (SSSR count). The van der Waals surface area contributed by atoms with Crippen LogP contribution in [-0.4, -0.2) is 57.5 Å². The Kier molecular flexibility index (Phi) is 5.98. The number of amides is 2. The number of fused-ring (bicyclic) bond motifs is 3. The van der Waals surface area contributed by atoms with Gasteiger partial charge in [-0.15, -0.1) is 0 Å². The molecule has 2 amide bonds. The van der Waals surface area contributed by atoms with Crippen molar-refractivity contribution in [3.63, 3.8) is 0 Å². The van der Waals surface area contributed by atoms with Gasteiger partial charge in [0.25, 0.3) is 5.91 Å². The highest BCUT2D eigenvalue weighted by atomic mass is 16.5. The second kappa shape index (κ2) is 9.25. The van der Waals surface area contributed by atoms with Crippen LogP contribution in [0.25, 0.3) is 11.1 Å². The summed E-state index contributed by atoms with van der Waals surface area (Å²) in [6.45, 7) is 0.0851. The molecule has 180 valence electrons. The molecule has 0 bridgehead atoms.